The molecule has 2 heterocycles. The minimum absolute atomic E-state index is 0.0344. The Bertz CT molecular complexity index is 1330. The monoisotopic (exact) mass is 727 g/mol. The SMILES string of the molecule is O=C(CCCC(=O)OCc1ccccc1)NCCOCCC(=O)NCCCCCCOC[C@H]1OC[C@H](Nc2cncc(C(F)(F)F)n2)[C@@H](O)[C@H]1O. The number of hydrogen-bond acceptors (Lipinski definition) is 12. The first-order chi connectivity index (χ1) is 24.5. The lowest BCUT2D eigenvalue weighted by molar-refractivity contribution is -0.159. The van der Waals surface area contributed by atoms with Crippen LogP contribution in [-0.4, -0.2) is 108 Å². The van der Waals surface area contributed by atoms with Crippen molar-refractivity contribution in [1.29, 1.82) is 0 Å². The quantitative estimate of drug-likeness (QED) is 0.0832. The van der Waals surface area contributed by atoms with E-state index in [1.807, 2.05) is 30.3 Å². The van der Waals surface area contributed by atoms with Crippen LogP contribution in [0.3, 0.4) is 0 Å². The van der Waals surface area contributed by atoms with Crippen LogP contribution in [0.2, 0.25) is 0 Å². The van der Waals surface area contributed by atoms with Gasteiger partial charge in [-0.2, -0.15) is 13.2 Å². The number of aliphatic hydroxyl groups excluding tert-OH is 2. The van der Waals surface area contributed by atoms with Crippen LogP contribution in [0.1, 0.15) is 62.6 Å². The highest BCUT2D eigenvalue weighted by molar-refractivity contribution is 5.77. The molecule has 2 aromatic rings. The molecule has 0 saturated carbocycles. The van der Waals surface area contributed by atoms with E-state index < -0.39 is 36.2 Å². The fourth-order valence-corrected chi connectivity index (χ4v) is 4.94. The van der Waals surface area contributed by atoms with Gasteiger partial charge in [-0.1, -0.05) is 43.2 Å². The van der Waals surface area contributed by atoms with Gasteiger partial charge in [0.15, 0.2) is 5.69 Å². The summed E-state index contributed by atoms with van der Waals surface area (Å²) < 4.78 is 60.4. The van der Waals surface area contributed by atoms with Gasteiger partial charge in [-0.05, 0) is 24.8 Å². The molecule has 14 nitrogen and oxygen atoms in total. The molecule has 1 aromatic carbocycles. The number of carbonyl (C=O) groups excluding carboxylic acids is 3. The molecule has 0 unspecified atom stereocenters. The van der Waals surface area contributed by atoms with E-state index in [1.54, 1.807) is 0 Å². The van der Waals surface area contributed by atoms with Crippen LogP contribution >= 0.6 is 0 Å². The number of rotatable bonds is 23. The summed E-state index contributed by atoms with van der Waals surface area (Å²) in [5, 5.41) is 29.1. The standard InChI is InChI=1S/C34H48F3N5O9/c35-34(36,37)27-19-38-20-28(42-27)41-25-22-50-26(33(47)32(25)46)23-49-16-7-2-1-6-14-39-30(44)13-17-48-18-15-40-29(43)11-8-12-31(45)51-21-24-9-4-3-5-10-24/h3-5,9-10,19-20,25-26,32-33,46-47H,1-2,6-8,11-18,21-23H2,(H,39,44)(H,40,43)(H,41,42)/t25-,26+,32+,33-/m0/s1. The first-order valence-corrected chi connectivity index (χ1v) is 17.0. The number of unbranched alkanes of at least 4 members (excludes halogenated alkanes) is 3. The number of nitrogens with one attached hydrogen (secondary N) is 3. The molecule has 4 atom stereocenters. The lowest BCUT2D eigenvalue weighted by Crippen LogP contribution is -2.57. The van der Waals surface area contributed by atoms with Gasteiger partial charge < -0.3 is 45.1 Å². The number of aromatic nitrogens is 2. The van der Waals surface area contributed by atoms with E-state index in [1.165, 1.54) is 0 Å². The van der Waals surface area contributed by atoms with E-state index in [0.717, 1.165) is 37.4 Å². The molecule has 1 aliphatic rings. The Kier molecular flexibility index (Phi) is 18.6. The Morgan fingerprint density at radius 2 is 1.59 bits per heavy atom. The zero-order valence-electron chi connectivity index (χ0n) is 28.4. The number of nitrogens with zero attached hydrogens (tertiary/aromatic N) is 2. The summed E-state index contributed by atoms with van der Waals surface area (Å²) in [7, 11) is 0. The average Bonchev–Trinajstić information content (AvgIpc) is 3.11. The predicted octanol–water partition coefficient (Wildman–Crippen LogP) is 2.53. The molecule has 1 aromatic heterocycles. The fourth-order valence-electron chi connectivity index (χ4n) is 4.94. The summed E-state index contributed by atoms with van der Waals surface area (Å²) in [5.74, 6) is -0.864. The highest BCUT2D eigenvalue weighted by Crippen LogP contribution is 2.28. The van der Waals surface area contributed by atoms with Crippen molar-refractivity contribution in [2.45, 2.75) is 88.5 Å². The van der Waals surface area contributed by atoms with E-state index in [-0.39, 0.29) is 75.9 Å². The second-order valence-corrected chi connectivity index (χ2v) is 11.9. The van der Waals surface area contributed by atoms with Gasteiger partial charge in [-0.25, -0.2) is 4.98 Å². The maximum absolute atomic E-state index is 12.9. The van der Waals surface area contributed by atoms with Gasteiger partial charge in [-0.3, -0.25) is 19.4 Å². The normalized spacial score (nSPS) is 18.9. The number of ether oxygens (including phenoxy) is 4. The molecule has 5 N–H and O–H groups in total. The van der Waals surface area contributed by atoms with E-state index >= 15 is 0 Å². The van der Waals surface area contributed by atoms with Crippen molar-refractivity contribution in [2.75, 3.05) is 51.4 Å². The second-order valence-electron chi connectivity index (χ2n) is 11.9. The third-order valence-corrected chi connectivity index (χ3v) is 7.78. The highest BCUT2D eigenvalue weighted by Gasteiger charge is 2.39. The summed E-state index contributed by atoms with van der Waals surface area (Å²) in [5.41, 5.74) is -0.278. The van der Waals surface area contributed by atoms with Crippen molar-refractivity contribution >= 4 is 23.6 Å². The Hall–Kier alpha value is -3.90. The van der Waals surface area contributed by atoms with Crippen molar-refractivity contribution in [1.82, 2.24) is 20.6 Å². The Morgan fingerprint density at radius 1 is 0.843 bits per heavy atom. The van der Waals surface area contributed by atoms with Crippen LogP contribution in [0, 0.1) is 0 Å². The van der Waals surface area contributed by atoms with E-state index in [0.29, 0.717) is 32.3 Å². The van der Waals surface area contributed by atoms with E-state index in [4.69, 9.17) is 18.9 Å². The number of halogens is 3. The molecule has 1 fully saturated rings. The maximum atomic E-state index is 12.9. The molecular formula is C34H48F3N5O9. The largest absolute Gasteiger partial charge is 0.461 e. The summed E-state index contributed by atoms with van der Waals surface area (Å²) in [6, 6.07) is 8.46. The average molecular weight is 728 g/mol. The van der Waals surface area contributed by atoms with Crippen molar-refractivity contribution < 1.29 is 56.7 Å². The summed E-state index contributed by atoms with van der Waals surface area (Å²) in [6.07, 6.45) is -2.26. The molecule has 284 valence electrons. The zero-order valence-corrected chi connectivity index (χ0v) is 28.4. The van der Waals surface area contributed by atoms with E-state index in [2.05, 4.69) is 25.9 Å². The van der Waals surface area contributed by atoms with Gasteiger partial charge in [0.2, 0.25) is 11.8 Å². The Labute approximate surface area is 294 Å². The van der Waals surface area contributed by atoms with Gasteiger partial charge in [0.1, 0.15) is 30.7 Å². The highest BCUT2D eigenvalue weighted by atomic mass is 19.4. The molecule has 0 aliphatic carbocycles. The van der Waals surface area contributed by atoms with Crippen molar-refractivity contribution in [2.24, 2.45) is 0 Å². The summed E-state index contributed by atoms with van der Waals surface area (Å²) in [4.78, 5) is 42.7. The number of aliphatic hydroxyl groups is 2. The van der Waals surface area contributed by atoms with Crippen LogP contribution in [0.4, 0.5) is 19.0 Å². The minimum Gasteiger partial charge on any atom is -0.461 e. The number of anilines is 1. The second kappa shape index (κ2) is 22.8. The van der Waals surface area contributed by atoms with Crippen molar-refractivity contribution in [3.8, 4) is 0 Å². The van der Waals surface area contributed by atoms with Crippen LogP contribution in [0.5, 0.6) is 0 Å². The maximum Gasteiger partial charge on any atom is 0.434 e. The molecule has 1 saturated heterocycles. The molecule has 51 heavy (non-hydrogen) atoms. The molecule has 3 rings (SSSR count). The lowest BCUT2D eigenvalue weighted by atomic mass is 9.98. The predicted molar refractivity (Wildman–Crippen MR) is 177 cm³/mol. The van der Waals surface area contributed by atoms with Crippen LogP contribution in [-0.2, 0) is 46.1 Å². The van der Waals surface area contributed by atoms with Gasteiger partial charge in [0.25, 0.3) is 0 Å². The van der Waals surface area contributed by atoms with Gasteiger partial charge in [-0.15, -0.1) is 0 Å². The van der Waals surface area contributed by atoms with Crippen LogP contribution < -0.4 is 16.0 Å². The van der Waals surface area contributed by atoms with Gasteiger partial charge in [0.05, 0.1) is 44.9 Å². The Morgan fingerprint density at radius 3 is 2.37 bits per heavy atom. The van der Waals surface area contributed by atoms with Gasteiger partial charge >= 0.3 is 12.1 Å². The summed E-state index contributed by atoms with van der Waals surface area (Å²) in [6.45, 7) is 1.88. The van der Waals surface area contributed by atoms with Crippen molar-refractivity contribution in [3.63, 3.8) is 0 Å². The van der Waals surface area contributed by atoms with Crippen LogP contribution in [0.15, 0.2) is 42.7 Å². The number of hydrogen-bond donors (Lipinski definition) is 5. The third kappa shape index (κ3) is 16.8. The molecule has 17 heteroatoms. The lowest BCUT2D eigenvalue weighted by Gasteiger charge is -2.38. The first kappa shape index (κ1) is 41.5. The molecule has 0 radical (unpaired) electrons. The molecule has 1 aliphatic heterocycles. The van der Waals surface area contributed by atoms with Crippen molar-refractivity contribution in [3.05, 3.63) is 54.0 Å². The number of esters is 1. The topological polar surface area (TPSA) is 190 Å². The third-order valence-electron chi connectivity index (χ3n) is 7.78. The smallest absolute Gasteiger partial charge is 0.434 e. The first-order valence-electron chi connectivity index (χ1n) is 17.0. The molecular weight excluding hydrogens is 679 g/mol. The Balaban J connectivity index is 1.09. The zero-order chi connectivity index (χ0) is 36.9. The number of amides is 2. The fraction of sp³-hybridized carbons (Fsp3) is 0.618. The molecule has 2 amide bonds. The van der Waals surface area contributed by atoms with Gasteiger partial charge in [0, 0.05) is 39.0 Å². The number of benzene rings is 1. The summed E-state index contributed by atoms with van der Waals surface area (Å²) >= 11 is 0. The van der Waals surface area contributed by atoms with Crippen LogP contribution in [0.25, 0.3) is 0 Å². The minimum atomic E-state index is -4.67. The number of carbonyl (C=O) groups is 3. The molecule has 0 spiro atoms. The van der Waals surface area contributed by atoms with E-state index in [9.17, 15) is 37.8 Å². The molecule has 0 bridgehead atoms. The number of alkyl halides is 3.